The Hall–Kier alpha value is -4.04. The van der Waals surface area contributed by atoms with Gasteiger partial charge in [-0.25, -0.2) is 0 Å². The molecule has 0 unspecified atom stereocenters. The molecule has 190 valence electrons. The highest BCUT2D eigenvalue weighted by atomic mass is 32.2. The normalized spacial score (nSPS) is 12.6. The van der Waals surface area contributed by atoms with Gasteiger partial charge in [-0.15, -0.1) is 5.11 Å². The first kappa shape index (κ1) is 26.0. The molecule has 4 N–H and O–H groups in total. The average Bonchev–Trinajstić information content (AvgIpc) is 2.80. The molecule has 13 heteroatoms. The van der Waals surface area contributed by atoms with Crippen LogP contribution in [0.5, 0.6) is 0 Å². The molecule has 0 spiro atoms. The maximum Gasteiger partial charge on any atom is 0.296 e. The molecule has 0 bridgehead atoms. The van der Waals surface area contributed by atoms with Crippen LogP contribution >= 0.6 is 0 Å². The van der Waals surface area contributed by atoms with Crippen molar-refractivity contribution in [2.75, 3.05) is 5.73 Å². The Balaban J connectivity index is 1.72. The predicted molar refractivity (Wildman–Crippen MR) is 139 cm³/mol. The summed E-state index contributed by atoms with van der Waals surface area (Å²) in [5, 5.41) is 16.7. The maximum absolute atomic E-state index is 12.0. The topological polar surface area (TPSA) is 184 Å². The van der Waals surface area contributed by atoms with Gasteiger partial charge in [-0.1, -0.05) is 12.1 Å². The summed E-state index contributed by atoms with van der Waals surface area (Å²) in [6, 6.07) is 16.3. The van der Waals surface area contributed by atoms with E-state index in [0.717, 1.165) is 23.8 Å². The van der Waals surface area contributed by atoms with E-state index in [0.29, 0.717) is 28.3 Å². The molecule has 4 aromatic carbocycles. The second-order valence-electron chi connectivity index (χ2n) is 8.16. The molecule has 4 aromatic rings. The highest BCUT2D eigenvalue weighted by Gasteiger charge is 2.21. The Bertz CT molecular complexity index is 1820. The number of hydrogen-bond donors (Lipinski definition) is 3. The lowest BCUT2D eigenvalue weighted by molar-refractivity contribution is 0.482. The molecule has 0 heterocycles. The van der Waals surface area contributed by atoms with Crippen LogP contribution in [-0.2, 0) is 20.2 Å². The molecule has 0 fully saturated rings. The van der Waals surface area contributed by atoms with E-state index in [9.17, 15) is 25.9 Å². The zero-order valence-corrected chi connectivity index (χ0v) is 21.2. The first-order valence-electron chi connectivity index (χ1n) is 10.6. The minimum Gasteiger partial charge on any atom is -0.399 e. The fourth-order valence-electron chi connectivity index (χ4n) is 3.60. The quantitative estimate of drug-likeness (QED) is 0.144. The van der Waals surface area contributed by atoms with Gasteiger partial charge in [0.05, 0.1) is 17.1 Å². The van der Waals surface area contributed by atoms with Crippen molar-refractivity contribution in [3.63, 3.8) is 0 Å². The monoisotopic (exact) mass is 539 g/mol. The van der Waals surface area contributed by atoms with Crippen molar-refractivity contribution in [3.8, 4) is 0 Å². The molecule has 0 atom stereocenters. The van der Waals surface area contributed by atoms with Gasteiger partial charge in [-0.2, -0.15) is 32.2 Å². The van der Waals surface area contributed by atoms with Gasteiger partial charge in [0.15, 0.2) is 0 Å². The van der Waals surface area contributed by atoms with Gasteiger partial charge >= 0.3 is 0 Å². The lowest BCUT2D eigenvalue weighted by Crippen LogP contribution is -2.01. The number of fused-ring (bicyclic) bond motifs is 1. The molecule has 11 nitrogen and oxygen atoms in total. The van der Waals surface area contributed by atoms with Crippen molar-refractivity contribution >= 4 is 59.4 Å². The van der Waals surface area contributed by atoms with Crippen LogP contribution in [0, 0.1) is 13.8 Å². The van der Waals surface area contributed by atoms with Crippen molar-refractivity contribution < 1.29 is 25.9 Å². The van der Waals surface area contributed by atoms with E-state index < -0.39 is 30.0 Å². The van der Waals surface area contributed by atoms with Crippen molar-refractivity contribution in [2.24, 2.45) is 20.5 Å². The van der Waals surface area contributed by atoms with E-state index in [2.05, 4.69) is 20.5 Å². The number of benzene rings is 4. The van der Waals surface area contributed by atoms with Crippen molar-refractivity contribution in [1.29, 1.82) is 0 Å². The second-order valence-corrected chi connectivity index (χ2v) is 10.9. The maximum atomic E-state index is 12.0. The number of rotatable bonds is 6. The predicted octanol–water partition coefficient (Wildman–Crippen LogP) is 6.36. The molecule has 0 aliphatic carbocycles. The summed E-state index contributed by atoms with van der Waals surface area (Å²) in [6.45, 7) is 3.61. The minimum absolute atomic E-state index is 0.0109. The van der Waals surface area contributed by atoms with Gasteiger partial charge < -0.3 is 5.73 Å². The zero-order valence-electron chi connectivity index (χ0n) is 19.6. The molecular formula is C24H21N5O6S2. The third-order valence-corrected chi connectivity index (χ3v) is 7.21. The smallest absolute Gasteiger partial charge is 0.296 e. The van der Waals surface area contributed by atoms with E-state index in [1.54, 1.807) is 43.3 Å². The van der Waals surface area contributed by atoms with Gasteiger partial charge in [0.2, 0.25) is 0 Å². The molecule has 0 aromatic heterocycles. The van der Waals surface area contributed by atoms with Crippen LogP contribution in [0.2, 0.25) is 0 Å². The van der Waals surface area contributed by atoms with Gasteiger partial charge in [0.25, 0.3) is 20.2 Å². The summed E-state index contributed by atoms with van der Waals surface area (Å²) in [4.78, 5) is -1.01. The third-order valence-electron chi connectivity index (χ3n) is 5.42. The van der Waals surface area contributed by atoms with Crippen LogP contribution < -0.4 is 5.73 Å². The van der Waals surface area contributed by atoms with Crippen LogP contribution in [0.15, 0.2) is 97.0 Å². The van der Waals surface area contributed by atoms with Gasteiger partial charge in [-0.05, 0) is 85.0 Å². The van der Waals surface area contributed by atoms with Crippen molar-refractivity contribution in [3.05, 3.63) is 77.9 Å². The largest absolute Gasteiger partial charge is 0.399 e. The first-order chi connectivity index (χ1) is 17.3. The first-order valence-corrected chi connectivity index (χ1v) is 13.5. The fraction of sp³-hybridized carbons (Fsp3) is 0.0833. The highest BCUT2D eigenvalue weighted by Crippen LogP contribution is 2.35. The summed E-state index contributed by atoms with van der Waals surface area (Å²) >= 11 is 0. The number of nitrogens with two attached hydrogens (primary N) is 1. The van der Waals surface area contributed by atoms with Crippen LogP contribution in [0.25, 0.3) is 10.8 Å². The SMILES string of the molecule is Cc1cc(N)ccc1N=Nc1ccc(N=Nc2cc3c(S(=O)(=O)O)cccc3cc2S(=O)(=O)O)c(C)c1. The van der Waals surface area contributed by atoms with Gasteiger partial charge in [-0.3, -0.25) is 9.11 Å². The highest BCUT2D eigenvalue weighted by molar-refractivity contribution is 7.86. The molecule has 0 saturated heterocycles. The van der Waals surface area contributed by atoms with Crippen LogP contribution in [0.4, 0.5) is 28.4 Å². The molecule has 37 heavy (non-hydrogen) atoms. The number of hydrogen-bond acceptors (Lipinski definition) is 9. The van der Waals surface area contributed by atoms with E-state index in [4.69, 9.17) is 5.73 Å². The van der Waals surface area contributed by atoms with E-state index in [1.165, 1.54) is 12.1 Å². The van der Waals surface area contributed by atoms with Crippen LogP contribution in [0.1, 0.15) is 11.1 Å². The van der Waals surface area contributed by atoms with Gasteiger partial charge in [0.1, 0.15) is 15.5 Å². The van der Waals surface area contributed by atoms with E-state index >= 15 is 0 Å². The number of nitrogens with zero attached hydrogens (tertiary/aromatic N) is 4. The zero-order chi connectivity index (χ0) is 27.0. The second kappa shape index (κ2) is 9.78. The summed E-state index contributed by atoms with van der Waals surface area (Å²) in [5.41, 5.74) is 9.14. The van der Waals surface area contributed by atoms with Crippen LogP contribution in [-0.4, -0.2) is 25.9 Å². The number of azo groups is 2. The number of anilines is 1. The van der Waals surface area contributed by atoms with Crippen molar-refractivity contribution in [1.82, 2.24) is 0 Å². The van der Waals surface area contributed by atoms with Crippen molar-refractivity contribution in [2.45, 2.75) is 23.6 Å². The molecule has 4 rings (SSSR count). The lowest BCUT2D eigenvalue weighted by atomic mass is 10.1. The Morgan fingerprint density at radius 2 is 1.24 bits per heavy atom. The van der Waals surface area contributed by atoms with Gasteiger partial charge in [0, 0.05) is 11.1 Å². The fourth-order valence-corrected chi connectivity index (χ4v) is 4.94. The number of aryl methyl sites for hydroxylation is 2. The molecular weight excluding hydrogens is 518 g/mol. The molecule has 0 aliphatic heterocycles. The summed E-state index contributed by atoms with van der Waals surface area (Å²) < 4.78 is 66.8. The minimum atomic E-state index is -4.74. The Labute approximate surface area is 212 Å². The van der Waals surface area contributed by atoms with Crippen LogP contribution in [0.3, 0.4) is 0 Å². The molecule has 0 saturated carbocycles. The Morgan fingerprint density at radius 1 is 0.649 bits per heavy atom. The van der Waals surface area contributed by atoms with E-state index in [-0.39, 0.29) is 16.5 Å². The summed E-state index contributed by atoms with van der Waals surface area (Å²) in [7, 11) is -9.35. The summed E-state index contributed by atoms with van der Waals surface area (Å²) in [5.74, 6) is 0. The summed E-state index contributed by atoms with van der Waals surface area (Å²) in [6.07, 6.45) is 0. The lowest BCUT2D eigenvalue weighted by Gasteiger charge is -2.08. The molecule has 0 amide bonds. The average molecular weight is 540 g/mol. The number of nitrogen functional groups attached to an aromatic ring is 1. The molecule has 0 radical (unpaired) electrons. The van der Waals surface area contributed by atoms with E-state index in [1.807, 2.05) is 6.92 Å². The molecule has 0 aliphatic rings. The Morgan fingerprint density at radius 3 is 1.86 bits per heavy atom. The standard InChI is InChI=1S/C24H21N5O6S2/c1-14-10-17(25)6-8-20(14)27-26-18-7-9-21(15(2)11-18)28-29-22-13-19-16(12-24(22)37(33,34)35)4-3-5-23(19)36(30,31)32/h3-13H,25H2,1-2H3,(H,30,31,32)(H,33,34,35). The third kappa shape index (κ3) is 5.86. The Kier molecular flexibility index (Phi) is 6.88.